The summed E-state index contributed by atoms with van der Waals surface area (Å²) in [6.45, 7) is 7.40. The zero-order chi connectivity index (χ0) is 26.8. The summed E-state index contributed by atoms with van der Waals surface area (Å²) in [5.74, 6) is 1.04. The molecule has 1 unspecified atom stereocenters. The fraction of sp³-hybridized carbons (Fsp3) is 0.379. The van der Waals surface area contributed by atoms with Crippen LogP contribution in [-0.4, -0.2) is 67.8 Å². The molecule has 1 N–H and O–H groups in total. The third kappa shape index (κ3) is 5.60. The number of thioether (sulfide) groups is 1. The van der Waals surface area contributed by atoms with Crippen LogP contribution in [0.15, 0.2) is 75.5 Å². The fourth-order valence-electron chi connectivity index (χ4n) is 5.22. The molecule has 2 heterocycles. The van der Waals surface area contributed by atoms with E-state index in [1.54, 1.807) is 42.6 Å². The van der Waals surface area contributed by atoms with Gasteiger partial charge in [0.2, 0.25) is 0 Å². The Balaban J connectivity index is 1.20. The number of aliphatic imine (C=N–C) groups is 1. The number of benzene rings is 2. The lowest BCUT2D eigenvalue weighted by molar-refractivity contribution is 0.0478. The lowest BCUT2D eigenvalue weighted by atomic mass is 9.90. The number of carbonyl (C=O) groups excluding carboxylic acids is 1. The second kappa shape index (κ2) is 11.1. The van der Waals surface area contributed by atoms with Crippen molar-refractivity contribution in [3.63, 3.8) is 0 Å². The summed E-state index contributed by atoms with van der Waals surface area (Å²) >= 11 is 1.87. The number of nitrogens with zero attached hydrogens (tertiary/aromatic N) is 3. The van der Waals surface area contributed by atoms with Crippen LogP contribution in [0.1, 0.15) is 42.6 Å². The maximum atomic E-state index is 13.2. The van der Waals surface area contributed by atoms with Gasteiger partial charge in [-0.1, -0.05) is 37.3 Å². The zero-order valence-corrected chi connectivity index (χ0v) is 23.5. The van der Waals surface area contributed by atoms with Gasteiger partial charge in [0.05, 0.1) is 5.69 Å². The van der Waals surface area contributed by atoms with Gasteiger partial charge < -0.3 is 4.90 Å². The van der Waals surface area contributed by atoms with Gasteiger partial charge >= 0.3 is 0 Å². The lowest BCUT2D eigenvalue weighted by Gasteiger charge is -2.45. The Labute approximate surface area is 229 Å². The predicted molar refractivity (Wildman–Crippen MR) is 156 cm³/mol. The molecule has 1 amide bonds. The van der Waals surface area contributed by atoms with Crippen LogP contribution in [0.5, 0.6) is 0 Å². The van der Waals surface area contributed by atoms with Crippen LogP contribution in [0.3, 0.4) is 0 Å². The first kappa shape index (κ1) is 26.7. The normalized spacial score (nSPS) is 21.6. The quantitative estimate of drug-likeness (QED) is 0.509. The Morgan fingerprint density at radius 2 is 1.87 bits per heavy atom. The molecule has 0 radical (unpaired) electrons. The van der Waals surface area contributed by atoms with E-state index in [0.717, 1.165) is 43.7 Å². The van der Waals surface area contributed by atoms with Crippen LogP contribution in [0.4, 0.5) is 11.4 Å². The molecule has 1 fully saturated rings. The number of hydrogen-bond donors (Lipinski definition) is 1. The molecule has 2 aromatic carbocycles. The van der Waals surface area contributed by atoms with Crippen molar-refractivity contribution in [2.45, 2.75) is 43.5 Å². The van der Waals surface area contributed by atoms with E-state index in [1.165, 1.54) is 4.91 Å². The number of sulfonamides is 1. The molecule has 200 valence electrons. The van der Waals surface area contributed by atoms with Crippen molar-refractivity contribution in [3.05, 3.63) is 76.7 Å². The van der Waals surface area contributed by atoms with Crippen molar-refractivity contribution in [2.75, 3.05) is 36.7 Å². The molecule has 1 atom stereocenters. The monoisotopic (exact) mass is 550 g/mol. The van der Waals surface area contributed by atoms with E-state index in [1.807, 2.05) is 22.7 Å². The van der Waals surface area contributed by atoms with E-state index in [-0.39, 0.29) is 16.3 Å². The largest absolute Gasteiger partial charge is 0.336 e. The molecule has 1 aliphatic carbocycles. The third-order valence-electron chi connectivity index (χ3n) is 7.44. The van der Waals surface area contributed by atoms with Gasteiger partial charge in [-0.15, -0.1) is 11.8 Å². The molecule has 5 rings (SSSR count). The van der Waals surface area contributed by atoms with Crippen LogP contribution in [0.2, 0.25) is 0 Å². The van der Waals surface area contributed by atoms with Crippen molar-refractivity contribution in [1.82, 2.24) is 9.80 Å². The summed E-state index contributed by atoms with van der Waals surface area (Å²) < 4.78 is 28.8. The summed E-state index contributed by atoms with van der Waals surface area (Å²) in [4.78, 5) is 23.4. The Morgan fingerprint density at radius 3 is 2.55 bits per heavy atom. The molecule has 2 aromatic rings. The lowest BCUT2D eigenvalue weighted by Crippen LogP contribution is -2.56. The van der Waals surface area contributed by atoms with Gasteiger partial charge in [0.15, 0.2) is 0 Å². The van der Waals surface area contributed by atoms with E-state index in [4.69, 9.17) is 0 Å². The van der Waals surface area contributed by atoms with Crippen LogP contribution < -0.4 is 4.72 Å². The molecule has 9 heteroatoms. The smallest absolute Gasteiger partial charge is 0.264 e. The molecule has 0 bridgehead atoms. The fourth-order valence-corrected chi connectivity index (χ4v) is 7.17. The van der Waals surface area contributed by atoms with E-state index in [9.17, 15) is 13.2 Å². The van der Waals surface area contributed by atoms with Gasteiger partial charge in [-0.25, -0.2) is 8.42 Å². The van der Waals surface area contributed by atoms with Crippen LogP contribution in [0, 0.1) is 0 Å². The van der Waals surface area contributed by atoms with E-state index in [0.29, 0.717) is 30.0 Å². The van der Waals surface area contributed by atoms with Crippen LogP contribution in [0.25, 0.3) is 0 Å². The van der Waals surface area contributed by atoms with E-state index < -0.39 is 10.0 Å². The molecule has 1 saturated heterocycles. The summed E-state index contributed by atoms with van der Waals surface area (Å²) in [7, 11) is -3.81. The number of amides is 1. The van der Waals surface area contributed by atoms with Crippen LogP contribution >= 0.6 is 11.8 Å². The minimum atomic E-state index is -3.81. The number of rotatable bonds is 7. The van der Waals surface area contributed by atoms with E-state index >= 15 is 0 Å². The standard InChI is InChI=1S/C29H34N4O3S2/c1-3-37-25-13-15-29(2,16-14-25)33-20-18-32(19-21-33)28(34)23-9-11-24(12-10-23)31-38(35,36)26-8-4-6-22-7-5-17-30-27(22)26/h4,6,8-15,17,31H,3,5,7,16,18-21H2,1-2H3. The molecule has 0 spiro atoms. The average Bonchev–Trinajstić information content (AvgIpc) is 2.94. The molecule has 2 aliphatic heterocycles. The number of allylic oxidation sites excluding steroid dienone is 1. The third-order valence-corrected chi connectivity index (χ3v) is 9.78. The first-order valence-corrected chi connectivity index (χ1v) is 15.6. The van der Waals surface area contributed by atoms with Crippen molar-refractivity contribution < 1.29 is 13.2 Å². The number of anilines is 1. The number of aryl methyl sites for hydroxylation is 1. The SMILES string of the molecule is CCSC1=CCC(C)(N2CCN(C(=O)c3ccc(NS(=O)(=O)c4cccc5c4N=CCC5)cc3)CC2)C=C1. The minimum Gasteiger partial charge on any atom is -0.336 e. The summed E-state index contributed by atoms with van der Waals surface area (Å²) in [5, 5.41) is 0. The Kier molecular flexibility index (Phi) is 7.79. The number of fused-ring (bicyclic) bond motifs is 1. The van der Waals surface area contributed by atoms with Crippen LogP contribution in [-0.2, 0) is 16.4 Å². The highest BCUT2D eigenvalue weighted by molar-refractivity contribution is 8.03. The highest BCUT2D eigenvalue weighted by atomic mass is 32.2. The van der Waals surface area contributed by atoms with Gasteiger partial charge in [0.1, 0.15) is 4.90 Å². The first-order chi connectivity index (χ1) is 18.3. The molecule has 38 heavy (non-hydrogen) atoms. The predicted octanol–water partition coefficient (Wildman–Crippen LogP) is 5.25. The zero-order valence-electron chi connectivity index (χ0n) is 21.9. The van der Waals surface area contributed by atoms with Gasteiger partial charge in [0, 0.05) is 54.1 Å². The highest BCUT2D eigenvalue weighted by Gasteiger charge is 2.34. The van der Waals surface area contributed by atoms with Crippen molar-refractivity contribution >= 4 is 45.3 Å². The maximum Gasteiger partial charge on any atom is 0.264 e. The highest BCUT2D eigenvalue weighted by Crippen LogP contribution is 2.33. The Hall–Kier alpha value is -2.88. The number of piperazine rings is 1. The van der Waals surface area contributed by atoms with Gasteiger partial charge in [-0.2, -0.15) is 0 Å². The maximum absolute atomic E-state index is 13.2. The first-order valence-electron chi connectivity index (χ1n) is 13.1. The number of carbonyl (C=O) groups is 1. The summed E-state index contributed by atoms with van der Waals surface area (Å²) in [5.41, 5.74) is 2.38. The second-order valence-electron chi connectivity index (χ2n) is 10.0. The molecule has 7 nitrogen and oxygen atoms in total. The number of para-hydroxylation sites is 1. The Bertz CT molecular complexity index is 1390. The summed E-state index contributed by atoms with van der Waals surface area (Å²) in [6, 6.07) is 11.9. The van der Waals surface area contributed by atoms with Crippen molar-refractivity contribution in [3.8, 4) is 0 Å². The van der Waals surface area contributed by atoms with Gasteiger partial charge in [-0.05, 0) is 67.8 Å². The second-order valence-corrected chi connectivity index (χ2v) is 13.0. The van der Waals surface area contributed by atoms with Crippen molar-refractivity contribution in [1.29, 1.82) is 0 Å². The number of nitrogens with one attached hydrogen (secondary N) is 1. The van der Waals surface area contributed by atoms with Gasteiger partial charge in [-0.3, -0.25) is 19.4 Å². The molecular formula is C29H34N4O3S2. The van der Waals surface area contributed by atoms with E-state index in [2.05, 4.69) is 46.7 Å². The average molecular weight is 551 g/mol. The van der Waals surface area contributed by atoms with Gasteiger partial charge in [0.25, 0.3) is 15.9 Å². The molecule has 0 saturated carbocycles. The molecule has 3 aliphatic rings. The topological polar surface area (TPSA) is 82.1 Å². The minimum absolute atomic E-state index is 0.0188. The van der Waals surface area contributed by atoms with Crippen molar-refractivity contribution in [2.24, 2.45) is 4.99 Å². The number of hydrogen-bond acceptors (Lipinski definition) is 6. The summed E-state index contributed by atoms with van der Waals surface area (Å²) in [6.07, 6.45) is 11.2. The molecular weight excluding hydrogens is 516 g/mol. The molecule has 0 aromatic heterocycles. The Morgan fingerprint density at radius 1 is 1.11 bits per heavy atom.